The van der Waals surface area contributed by atoms with Crippen LogP contribution in [0.4, 0.5) is 5.82 Å². The quantitative estimate of drug-likeness (QED) is 0.907. The standard InChI is InChI=1S/C20H23N3O/c21-19-17(8-3-11-22-19)14-5-1-6-15(12-14)20(24)23-18-10-9-13-4-2-7-16(13)18/h1,3,5-6,8,11-13,16,18H,2,4,7,9-10H2,(H2,21,22)(H,23,24)/t13-,16-,18-/m0/s1. The summed E-state index contributed by atoms with van der Waals surface area (Å²) in [5.41, 5.74) is 8.44. The summed E-state index contributed by atoms with van der Waals surface area (Å²) in [5, 5.41) is 3.27. The second-order valence-electron chi connectivity index (χ2n) is 7.03. The lowest BCUT2D eigenvalue weighted by atomic mass is 9.97. The maximum Gasteiger partial charge on any atom is 0.251 e. The Morgan fingerprint density at radius 2 is 2.04 bits per heavy atom. The van der Waals surface area contributed by atoms with Crippen molar-refractivity contribution in [3.05, 3.63) is 48.2 Å². The number of amides is 1. The molecule has 4 nitrogen and oxygen atoms in total. The summed E-state index contributed by atoms with van der Waals surface area (Å²) >= 11 is 0. The van der Waals surface area contributed by atoms with Gasteiger partial charge >= 0.3 is 0 Å². The van der Waals surface area contributed by atoms with Gasteiger partial charge in [0.25, 0.3) is 5.91 Å². The van der Waals surface area contributed by atoms with Gasteiger partial charge in [-0.1, -0.05) is 25.0 Å². The number of rotatable bonds is 3. The van der Waals surface area contributed by atoms with Gasteiger partial charge in [0.2, 0.25) is 0 Å². The molecule has 2 fully saturated rings. The van der Waals surface area contributed by atoms with Crippen LogP contribution in [0.2, 0.25) is 0 Å². The van der Waals surface area contributed by atoms with Crippen LogP contribution in [0.5, 0.6) is 0 Å². The molecule has 0 bridgehead atoms. The van der Waals surface area contributed by atoms with E-state index in [1.807, 2.05) is 36.4 Å². The minimum Gasteiger partial charge on any atom is -0.383 e. The number of nitrogens with one attached hydrogen (secondary N) is 1. The van der Waals surface area contributed by atoms with Crippen molar-refractivity contribution in [2.45, 2.75) is 38.1 Å². The number of nitrogens with two attached hydrogens (primary N) is 1. The molecule has 4 heteroatoms. The number of nitrogens with zero attached hydrogens (tertiary/aromatic N) is 1. The SMILES string of the molecule is Nc1ncccc1-c1cccc(C(=O)N[C@H]2CC[C@@H]3CCC[C@@H]32)c1. The van der Waals surface area contributed by atoms with Crippen LogP contribution in [0.15, 0.2) is 42.6 Å². The van der Waals surface area contributed by atoms with E-state index in [2.05, 4.69) is 10.3 Å². The number of nitrogen functional groups attached to an aromatic ring is 1. The molecule has 1 amide bonds. The fraction of sp³-hybridized carbons (Fsp3) is 0.400. The topological polar surface area (TPSA) is 68.0 Å². The highest BCUT2D eigenvalue weighted by molar-refractivity contribution is 5.96. The third kappa shape index (κ3) is 2.77. The van der Waals surface area contributed by atoms with E-state index in [9.17, 15) is 4.79 Å². The van der Waals surface area contributed by atoms with Crippen LogP contribution < -0.4 is 11.1 Å². The number of hydrogen-bond acceptors (Lipinski definition) is 3. The van der Waals surface area contributed by atoms with Gasteiger partial charge in [0.1, 0.15) is 5.82 Å². The third-order valence-electron chi connectivity index (χ3n) is 5.67. The lowest BCUT2D eigenvalue weighted by Crippen LogP contribution is -2.37. The fourth-order valence-corrected chi connectivity index (χ4v) is 4.48. The Balaban J connectivity index is 1.53. The lowest BCUT2D eigenvalue weighted by Gasteiger charge is -2.20. The maximum absolute atomic E-state index is 12.7. The second-order valence-corrected chi connectivity index (χ2v) is 7.03. The molecule has 4 rings (SSSR count). The molecule has 0 spiro atoms. The van der Waals surface area contributed by atoms with Gasteiger partial charge in [0.15, 0.2) is 0 Å². The molecule has 3 atom stereocenters. The molecule has 1 heterocycles. The first-order valence-electron chi connectivity index (χ1n) is 8.84. The average Bonchev–Trinajstić information content (AvgIpc) is 3.20. The number of carbonyl (C=O) groups is 1. The Labute approximate surface area is 142 Å². The van der Waals surface area contributed by atoms with Gasteiger partial charge < -0.3 is 11.1 Å². The van der Waals surface area contributed by atoms with Crippen LogP contribution >= 0.6 is 0 Å². The van der Waals surface area contributed by atoms with Crippen LogP contribution in [0, 0.1) is 11.8 Å². The van der Waals surface area contributed by atoms with Gasteiger partial charge in [-0.2, -0.15) is 0 Å². The molecule has 0 unspecified atom stereocenters. The Kier molecular flexibility index (Phi) is 3.97. The molecule has 0 aliphatic heterocycles. The predicted molar refractivity (Wildman–Crippen MR) is 95.4 cm³/mol. The Hall–Kier alpha value is -2.36. The van der Waals surface area contributed by atoms with E-state index >= 15 is 0 Å². The molecule has 1 aromatic heterocycles. The molecule has 0 radical (unpaired) electrons. The largest absolute Gasteiger partial charge is 0.383 e. The number of aromatic nitrogens is 1. The minimum absolute atomic E-state index is 0.0249. The summed E-state index contributed by atoms with van der Waals surface area (Å²) in [6.45, 7) is 0. The van der Waals surface area contributed by atoms with E-state index in [0.717, 1.165) is 23.5 Å². The molecule has 2 aliphatic carbocycles. The van der Waals surface area contributed by atoms with Crippen molar-refractivity contribution >= 4 is 11.7 Å². The molecular formula is C20H23N3O. The smallest absolute Gasteiger partial charge is 0.251 e. The van der Waals surface area contributed by atoms with Gasteiger partial charge in [-0.05, 0) is 60.9 Å². The Morgan fingerprint density at radius 1 is 1.12 bits per heavy atom. The molecule has 2 aromatic rings. The molecule has 1 aromatic carbocycles. The average molecular weight is 321 g/mol. The molecule has 3 N–H and O–H groups in total. The lowest BCUT2D eigenvalue weighted by molar-refractivity contribution is 0.0926. The molecule has 124 valence electrons. The first-order valence-corrected chi connectivity index (χ1v) is 8.84. The minimum atomic E-state index is 0.0249. The summed E-state index contributed by atoms with van der Waals surface area (Å²) in [4.78, 5) is 16.8. The first kappa shape index (κ1) is 15.2. The van der Waals surface area contributed by atoms with Crippen LogP contribution in [0.25, 0.3) is 11.1 Å². The van der Waals surface area contributed by atoms with Crippen molar-refractivity contribution in [3.63, 3.8) is 0 Å². The van der Waals surface area contributed by atoms with E-state index in [1.165, 1.54) is 25.7 Å². The monoisotopic (exact) mass is 321 g/mol. The Bertz CT molecular complexity index is 758. The van der Waals surface area contributed by atoms with Crippen LogP contribution in [-0.4, -0.2) is 16.9 Å². The molecule has 2 aliphatic rings. The van der Waals surface area contributed by atoms with Crippen molar-refractivity contribution < 1.29 is 4.79 Å². The Morgan fingerprint density at radius 3 is 2.92 bits per heavy atom. The van der Waals surface area contributed by atoms with Crippen LogP contribution in [0.3, 0.4) is 0 Å². The fourth-order valence-electron chi connectivity index (χ4n) is 4.48. The zero-order chi connectivity index (χ0) is 16.5. The highest BCUT2D eigenvalue weighted by Gasteiger charge is 2.39. The van der Waals surface area contributed by atoms with E-state index in [0.29, 0.717) is 23.3 Å². The summed E-state index contributed by atoms with van der Waals surface area (Å²) < 4.78 is 0. The number of carbonyl (C=O) groups excluding carboxylic acids is 1. The van der Waals surface area contributed by atoms with Gasteiger partial charge in [-0.15, -0.1) is 0 Å². The summed E-state index contributed by atoms with van der Waals surface area (Å²) in [5.74, 6) is 2.03. The van der Waals surface area contributed by atoms with Crippen LogP contribution in [-0.2, 0) is 0 Å². The predicted octanol–water partition coefficient (Wildman–Crippen LogP) is 3.64. The molecular weight excluding hydrogens is 298 g/mol. The van der Waals surface area contributed by atoms with Crippen molar-refractivity contribution in [3.8, 4) is 11.1 Å². The van der Waals surface area contributed by atoms with Crippen molar-refractivity contribution in [2.75, 3.05) is 5.73 Å². The van der Waals surface area contributed by atoms with Gasteiger partial charge in [-0.3, -0.25) is 4.79 Å². The number of fused-ring (bicyclic) bond motifs is 1. The summed E-state index contributed by atoms with van der Waals surface area (Å²) in [6.07, 6.45) is 7.98. The zero-order valence-electron chi connectivity index (χ0n) is 13.7. The highest BCUT2D eigenvalue weighted by atomic mass is 16.1. The zero-order valence-corrected chi connectivity index (χ0v) is 13.7. The summed E-state index contributed by atoms with van der Waals surface area (Å²) in [7, 11) is 0. The van der Waals surface area contributed by atoms with Gasteiger partial charge in [0.05, 0.1) is 0 Å². The number of benzene rings is 1. The first-order chi connectivity index (χ1) is 11.7. The van der Waals surface area contributed by atoms with Crippen molar-refractivity contribution in [2.24, 2.45) is 11.8 Å². The highest BCUT2D eigenvalue weighted by Crippen LogP contribution is 2.44. The van der Waals surface area contributed by atoms with Crippen molar-refractivity contribution in [1.29, 1.82) is 0 Å². The maximum atomic E-state index is 12.7. The molecule has 24 heavy (non-hydrogen) atoms. The number of anilines is 1. The number of hydrogen-bond donors (Lipinski definition) is 2. The molecule has 0 saturated heterocycles. The second kappa shape index (κ2) is 6.27. The van der Waals surface area contributed by atoms with Gasteiger partial charge in [-0.25, -0.2) is 4.98 Å². The third-order valence-corrected chi connectivity index (χ3v) is 5.67. The van der Waals surface area contributed by atoms with Crippen molar-refractivity contribution in [1.82, 2.24) is 10.3 Å². The molecule has 2 saturated carbocycles. The van der Waals surface area contributed by atoms with Gasteiger partial charge in [0, 0.05) is 23.4 Å². The summed E-state index contributed by atoms with van der Waals surface area (Å²) in [6, 6.07) is 11.8. The van der Waals surface area contributed by atoms with E-state index in [1.54, 1.807) is 6.20 Å². The van der Waals surface area contributed by atoms with Crippen LogP contribution in [0.1, 0.15) is 42.5 Å². The normalized spacial score (nSPS) is 25.4. The van der Waals surface area contributed by atoms with E-state index in [-0.39, 0.29) is 5.91 Å². The van der Waals surface area contributed by atoms with E-state index < -0.39 is 0 Å². The number of pyridine rings is 1. The van der Waals surface area contributed by atoms with E-state index in [4.69, 9.17) is 5.73 Å².